The summed E-state index contributed by atoms with van der Waals surface area (Å²) in [5.41, 5.74) is 5.28. The predicted octanol–water partition coefficient (Wildman–Crippen LogP) is 1.89. The average molecular weight is 296 g/mol. The van der Waals surface area contributed by atoms with Gasteiger partial charge in [0.05, 0.1) is 11.9 Å². The molecule has 2 heterocycles. The Bertz CT molecular complexity index is 754. The number of fused-ring (bicyclic) bond motifs is 1. The molecule has 1 aliphatic rings. The lowest BCUT2D eigenvalue weighted by Crippen LogP contribution is -2.28. The number of nitrogens with zero attached hydrogens (tertiary/aromatic N) is 2. The molecule has 0 saturated carbocycles. The fourth-order valence-electron chi connectivity index (χ4n) is 2.52. The number of aromatic amines is 1. The van der Waals surface area contributed by atoms with Crippen molar-refractivity contribution in [1.29, 1.82) is 0 Å². The molecule has 3 N–H and O–H groups in total. The van der Waals surface area contributed by atoms with E-state index in [1.807, 2.05) is 5.10 Å². The molecular formula is C13H11F3N4O. The van der Waals surface area contributed by atoms with Crippen molar-refractivity contribution in [2.24, 2.45) is 0 Å². The number of nitrogen functional groups attached to an aromatic ring is 1. The van der Waals surface area contributed by atoms with Crippen LogP contribution in [0, 0.1) is 0 Å². The van der Waals surface area contributed by atoms with E-state index in [2.05, 4.69) is 5.10 Å². The fourth-order valence-corrected chi connectivity index (χ4v) is 2.52. The molecule has 1 aliphatic heterocycles. The number of hydrogen-bond acceptors (Lipinski definition) is 4. The van der Waals surface area contributed by atoms with Gasteiger partial charge in [0.1, 0.15) is 5.56 Å². The first-order chi connectivity index (χ1) is 9.88. The van der Waals surface area contributed by atoms with Crippen LogP contribution < -0.4 is 16.2 Å². The average Bonchev–Trinajstić information content (AvgIpc) is 2.82. The topological polar surface area (TPSA) is 75.0 Å². The van der Waals surface area contributed by atoms with Crippen molar-refractivity contribution in [2.45, 2.75) is 19.3 Å². The smallest absolute Gasteiger partial charge is 0.398 e. The first kappa shape index (κ1) is 13.5. The van der Waals surface area contributed by atoms with Gasteiger partial charge in [-0.1, -0.05) is 12.1 Å². The lowest BCUT2D eigenvalue weighted by atomic mass is 10.1. The highest BCUT2D eigenvalue weighted by Gasteiger charge is 2.39. The van der Waals surface area contributed by atoms with Gasteiger partial charge in [-0.3, -0.25) is 4.79 Å². The van der Waals surface area contributed by atoms with Crippen LogP contribution in [-0.2, 0) is 19.3 Å². The molecule has 0 aliphatic carbocycles. The van der Waals surface area contributed by atoms with Crippen molar-refractivity contribution in [1.82, 2.24) is 10.2 Å². The first-order valence-corrected chi connectivity index (χ1v) is 6.14. The summed E-state index contributed by atoms with van der Waals surface area (Å²) in [6.45, 7) is 0.477. The Morgan fingerprint density at radius 2 is 2.05 bits per heavy atom. The van der Waals surface area contributed by atoms with Crippen LogP contribution in [0.3, 0.4) is 0 Å². The van der Waals surface area contributed by atoms with Gasteiger partial charge in [0.15, 0.2) is 0 Å². The molecule has 110 valence electrons. The van der Waals surface area contributed by atoms with Crippen LogP contribution >= 0.6 is 0 Å². The lowest BCUT2D eigenvalue weighted by molar-refractivity contribution is -0.138. The maximum Gasteiger partial charge on any atom is 0.423 e. The van der Waals surface area contributed by atoms with Crippen LogP contribution in [0.25, 0.3) is 0 Å². The second kappa shape index (κ2) is 4.51. The summed E-state index contributed by atoms with van der Waals surface area (Å²) in [7, 11) is 0. The molecule has 0 amide bonds. The van der Waals surface area contributed by atoms with Gasteiger partial charge in [0, 0.05) is 18.8 Å². The number of benzene rings is 1. The van der Waals surface area contributed by atoms with Crippen molar-refractivity contribution < 1.29 is 13.2 Å². The van der Waals surface area contributed by atoms with E-state index >= 15 is 0 Å². The van der Waals surface area contributed by atoms with Gasteiger partial charge in [-0.25, -0.2) is 5.10 Å². The Balaban J connectivity index is 2.07. The van der Waals surface area contributed by atoms with Crippen molar-refractivity contribution in [3.63, 3.8) is 0 Å². The van der Waals surface area contributed by atoms with Gasteiger partial charge in [-0.05, 0) is 17.2 Å². The third-order valence-electron chi connectivity index (χ3n) is 3.48. The normalized spacial score (nSPS) is 14.3. The molecule has 0 spiro atoms. The van der Waals surface area contributed by atoms with Gasteiger partial charge < -0.3 is 10.6 Å². The molecule has 0 unspecified atom stereocenters. The molecule has 0 fully saturated rings. The van der Waals surface area contributed by atoms with E-state index in [0.717, 1.165) is 17.3 Å². The van der Waals surface area contributed by atoms with Gasteiger partial charge >= 0.3 is 6.18 Å². The Kier molecular flexibility index (Phi) is 2.89. The summed E-state index contributed by atoms with van der Waals surface area (Å²) in [6.07, 6.45) is -3.72. The largest absolute Gasteiger partial charge is 0.423 e. The molecule has 21 heavy (non-hydrogen) atoms. The minimum absolute atomic E-state index is 0.218. The van der Waals surface area contributed by atoms with Crippen molar-refractivity contribution in [3.8, 4) is 0 Å². The quantitative estimate of drug-likeness (QED) is 0.788. The van der Waals surface area contributed by atoms with Crippen molar-refractivity contribution >= 4 is 11.4 Å². The Hall–Kier alpha value is -2.51. The number of nitrogens with two attached hydrogens (primary N) is 1. The number of aromatic nitrogens is 2. The summed E-state index contributed by atoms with van der Waals surface area (Å²) >= 11 is 0. The lowest BCUT2D eigenvalue weighted by Gasteiger charge is -2.21. The van der Waals surface area contributed by atoms with E-state index in [1.54, 1.807) is 18.2 Å². The van der Waals surface area contributed by atoms with E-state index in [9.17, 15) is 18.0 Å². The van der Waals surface area contributed by atoms with Crippen LogP contribution in [0.4, 0.5) is 24.5 Å². The number of hydrogen-bond donors (Lipinski definition) is 2. The van der Waals surface area contributed by atoms with E-state index in [1.165, 1.54) is 4.90 Å². The van der Waals surface area contributed by atoms with Crippen molar-refractivity contribution in [3.05, 3.63) is 51.4 Å². The second-order valence-corrected chi connectivity index (χ2v) is 4.80. The number of rotatable bonds is 1. The van der Waals surface area contributed by atoms with Gasteiger partial charge in [-0.2, -0.15) is 18.3 Å². The molecule has 0 bridgehead atoms. The third-order valence-corrected chi connectivity index (χ3v) is 3.48. The molecule has 0 radical (unpaired) electrons. The van der Waals surface area contributed by atoms with Crippen LogP contribution in [0.15, 0.2) is 29.2 Å². The highest BCUT2D eigenvalue weighted by molar-refractivity contribution is 5.61. The monoisotopic (exact) mass is 296 g/mol. The Labute approximate surface area is 117 Å². The molecular weight excluding hydrogens is 285 g/mol. The SMILES string of the molecule is Nc1cccc2c1CN(c1cn[nH]c(=O)c1C(F)(F)F)C2. The standard InChI is InChI=1S/C13H11F3N4O/c14-13(15,16)11-10(4-18-19-12(11)21)20-5-7-2-1-3-9(17)8(7)6-20/h1-4H,5-6,17H2,(H,19,21). The second-order valence-electron chi connectivity index (χ2n) is 4.80. The van der Waals surface area contributed by atoms with Crippen LogP contribution in [0.5, 0.6) is 0 Å². The molecule has 1 aromatic carbocycles. The molecule has 0 saturated heterocycles. The molecule has 1 aromatic heterocycles. The van der Waals surface area contributed by atoms with Gasteiger partial charge in [-0.15, -0.1) is 0 Å². The molecule has 3 rings (SSSR count). The summed E-state index contributed by atoms with van der Waals surface area (Å²) in [5, 5.41) is 5.30. The zero-order valence-electron chi connectivity index (χ0n) is 10.7. The van der Waals surface area contributed by atoms with Crippen LogP contribution in [0.2, 0.25) is 0 Å². The zero-order valence-corrected chi connectivity index (χ0v) is 10.7. The van der Waals surface area contributed by atoms with E-state index in [4.69, 9.17) is 5.73 Å². The summed E-state index contributed by atoms with van der Waals surface area (Å²) < 4.78 is 39.2. The molecule has 0 atom stereocenters. The number of H-pyrrole nitrogens is 1. The van der Waals surface area contributed by atoms with E-state index in [0.29, 0.717) is 5.69 Å². The Morgan fingerprint density at radius 1 is 1.29 bits per heavy atom. The summed E-state index contributed by atoms with van der Waals surface area (Å²) in [6, 6.07) is 5.25. The number of halogens is 3. The zero-order chi connectivity index (χ0) is 15.2. The van der Waals surface area contributed by atoms with E-state index < -0.39 is 17.3 Å². The van der Waals surface area contributed by atoms with Crippen molar-refractivity contribution in [2.75, 3.05) is 10.6 Å². The van der Waals surface area contributed by atoms with Crippen LogP contribution in [0.1, 0.15) is 16.7 Å². The maximum atomic E-state index is 13.1. The van der Waals surface area contributed by atoms with Gasteiger partial charge in [0.25, 0.3) is 5.56 Å². The maximum absolute atomic E-state index is 13.1. The van der Waals surface area contributed by atoms with Crippen LogP contribution in [-0.4, -0.2) is 10.2 Å². The Morgan fingerprint density at radius 3 is 2.71 bits per heavy atom. The minimum Gasteiger partial charge on any atom is -0.398 e. The first-order valence-electron chi connectivity index (χ1n) is 6.14. The predicted molar refractivity (Wildman–Crippen MR) is 70.6 cm³/mol. The fraction of sp³-hybridized carbons (Fsp3) is 0.231. The number of anilines is 2. The molecule has 2 aromatic rings. The van der Waals surface area contributed by atoms with E-state index in [-0.39, 0.29) is 18.8 Å². The number of alkyl halides is 3. The highest BCUT2D eigenvalue weighted by atomic mass is 19.4. The minimum atomic E-state index is -4.74. The molecule has 5 nitrogen and oxygen atoms in total. The summed E-state index contributed by atoms with van der Waals surface area (Å²) in [5.74, 6) is 0. The van der Waals surface area contributed by atoms with Gasteiger partial charge in [0.2, 0.25) is 0 Å². The number of nitrogens with one attached hydrogen (secondary N) is 1. The molecule has 8 heteroatoms. The third kappa shape index (κ3) is 2.22. The summed E-state index contributed by atoms with van der Waals surface area (Å²) in [4.78, 5) is 12.9. The highest BCUT2D eigenvalue weighted by Crippen LogP contribution is 2.37.